The number of alkyl halides is 3. The van der Waals surface area contributed by atoms with Gasteiger partial charge < -0.3 is 15.0 Å². The van der Waals surface area contributed by atoms with Gasteiger partial charge in [0.25, 0.3) is 0 Å². The summed E-state index contributed by atoms with van der Waals surface area (Å²) in [7, 11) is 0. The number of aliphatic imine (C=N–C) groups is 1. The van der Waals surface area contributed by atoms with Gasteiger partial charge >= 0.3 is 12.1 Å². The van der Waals surface area contributed by atoms with E-state index in [9.17, 15) is 18.0 Å². The van der Waals surface area contributed by atoms with Gasteiger partial charge in [0.2, 0.25) is 0 Å². The first-order valence-electron chi connectivity index (χ1n) is 9.27. The smallest absolute Gasteiger partial charge is 0.430 e. The maximum atomic E-state index is 13.0. The Labute approximate surface area is 186 Å². The van der Waals surface area contributed by atoms with E-state index in [0.717, 1.165) is 11.6 Å². The van der Waals surface area contributed by atoms with Crippen LogP contribution in [0.3, 0.4) is 0 Å². The molecule has 0 aliphatic rings. The minimum Gasteiger partial charge on any atom is -0.462 e. The van der Waals surface area contributed by atoms with Crippen LogP contribution < -0.4 is 5.73 Å². The van der Waals surface area contributed by atoms with Gasteiger partial charge in [0.1, 0.15) is 12.0 Å². The molecule has 0 atom stereocenters. The number of benzene rings is 2. The number of carbonyl (C=O) groups excluding carboxylic acids is 1. The maximum absolute atomic E-state index is 13.0. The molecule has 0 fully saturated rings. The molecule has 32 heavy (non-hydrogen) atoms. The molecule has 0 saturated carbocycles. The highest BCUT2D eigenvalue weighted by molar-refractivity contribution is 6.33. The molecule has 0 aliphatic carbocycles. The predicted molar refractivity (Wildman–Crippen MR) is 113 cm³/mol. The van der Waals surface area contributed by atoms with E-state index >= 15 is 0 Å². The van der Waals surface area contributed by atoms with Crippen molar-refractivity contribution in [2.24, 2.45) is 10.7 Å². The fourth-order valence-electron chi connectivity index (χ4n) is 2.55. The largest absolute Gasteiger partial charge is 0.462 e. The van der Waals surface area contributed by atoms with Crippen molar-refractivity contribution in [1.29, 1.82) is 0 Å². The monoisotopic (exact) mass is 463 g/mol. The molecule has 1 aromatic heterocycles. The van der Waals surface area contributed by atoms with Crippen molar-refractivity contribution < 1.29 is 27.2 Å². The molecule has 0 amide bonds. The topological polar surface area (TPSA) is 90.7 Å². The van der Waals surface area contributed by atoms with Crippen LogP contribution in [0.2, 0.25) is 5.02 Å². The van der Waals surface area contributed by atoms with E-state index < -0.39 is 17.8 Å². The molecule has 6 nitrogen and oxygen atoms in total. The van der Waals surface area contributed by atoms with Gasteiger partial charge in [-0.1, -0.05) is 41.0 Å². The molecule has 166 valence electrons. The lowest BCUT2D eigenvalue weighted by Gasteiger charge is -2.10. The van der Waals surface area contributed by atoms with E-state index in [1.165, 1.54) is 36.7 Å². The van der Waals surface area contributed by atoms with Gasteiger partial charge in [-0.2, -0.15) is 13.2 Å². The molecule has 10 heteroatoms. The van der Waals surface area contributed by atoms with Crippen molar-refractivity contribution in [2.75, 3.05) is 6.61 Å². The van der Waals surface area contributed by atoms with Crippen LogP contribution in [0, 0.1) is 0 Å². The molecule has 0 spiro atoms. The first-order chi connectivity index (χ1) is 15.2. The number of nitrogens with two attached hydrogens (primary N) is 1. The second-order valence-corrected chi connectivity index (χ2v) is 6.95. The summed E-state index contributed by atoms with van der Waals surface area (Å²) in [5.41, 5.74) is 5.38. The minimum absolute atomic E-state index is 0.0692. The average Bonchev–Trinajstić information content (AvgIpc) is 3.27. The van der Waals surface area contributed by atoms with E-state index in [0.29, 0.717) is 12.0 Å². The fraction of sp³-hybridized carbons (Fsp3) is 0.136. The number of aromatic nitrogens is 1. The van der Waals surface area contributed by atoms with E-state index in [1.807, 2.05) is 0 Å². The molecule has 2 N–H and O–H groups in total. The highest BCUT2D eigenvalue weighted by Gasteiger charge is 2.31. The van der Waals surface area contributed by atoms with Crippen molar-refractivity contribution >= 4 is 29.0 Å². The number of nitrogens with zero attached hydrogens (tertiary/aromatic N) is 2. The Balaban J connectivity index is 1.82. The number of hydrogen-bond acceptors (Lipinski definition) is 6. The van der Waals surface area contributed by atoms with Crippen LogP contribution >= 0.6 is 11.6 Å². The number of ether oxygens (including phenoxy) is 1. The quantitative estimate of drug-likeness (QED) is 0.381. The van der Waals surface area contributed by atoms with E-state index in [4.69, 9.17) is 26.6 Å². The summed E-state index contributed by atoms with van der Waals surface area (Å²) < 4.78 is 48.8. The molecular formula is C22H17ClF3N3O3. The van der Waals surface area contributed by atoms with E-state index in [2.05, 4.69) is 10.1 Å². The summed E-state index contributed by atoms with van der Waals surface area (Å²) >= 11 is 6.08. The lowest BCUT2D eigenvalue weighted by molar-refractivity contribution is -0.0925. The summed E-state index contributed by atoms with van der Waals surface area (Å²) in [5, 5.41) is 3.82. The molecule has 2 aromatic carbocycles. The molecule has 0 aliphatic heterocycles. The summed E-state index contributed by atoms with van der Waals surface area (Å²) in [4.78, 5) is 16.4. The molecule has 3 rings (SSSR count). The second kappa shape index (κ2) is 10.1. The zero-order valence-electron chi connectivity index (χ0n) is 16.5. The molecule has 0 bridgehead atoms. The highest BCUT2D eigenvalue weighted by Crippen LogP contribution is 2.27. The van der Waals surface area contributed by atoms with Gasteiger partial charge in [-0.25, -0.2) is 9.79 Å². The lowest BCUT2D eigenvalue weighted by atomic mass is 10.1. The zero-order valence-corrected chi connectivity index (χ0v) is 17.2. The van der Waals surface area contributed by atoms with Crippen LogP contribution in [0.1, 0.15) is 21.5 Å². The average molecular weight is 464 g/mol. The third-order valence-electron chi connectivity index (χ3n) is 4.24. The Bertz CT molecular complexity index is 1130. The van der Waals surface area contributed by atoms with Crippen molar-refractivity contribution in [3.63, 3.8) is 0 Å². The predicted octanol–water partition coefficient (Wildman–Crippen LogP) is 5.25. The minimum atomic E-state index is -4.73. The molecule has 0 unspecified atom stereocenters. The number of halogens is 4. The van der Waals surface area contributed by atoms with Crippen LogP contribution in [0.4, 0.5) is 18.9 Å². The zero-order chi connectivity index (χ0) is 23.1. The number of para-hydroxylation sites is 1. The Hall–Kier alpha value is -3.59. The van der Waals surface area contributed by atoms with Crippen LogP contribution in [0.5, 0.6) is 0 Å². The number of esters is 1. The fourth-order valence-corrected chi connectivity index (χ4v) is 2.73. The second-order valence-electron chi connectivity index (χ2n) is 6.54. The molecule has 1 heterocycles. The van der Waals surface area contributed by atoms with Gasteiger partial charge in [-0.3, -0.25) is 0 Å². The Morgan fingerprint density at radius 3 is 2.47 bits per heavy atom. The van der Waals surface area contributed by atoms with Crippen LogP contribution in [-0.2, 0) is 11.2 Å². The molecule has 0 radical (unpaired) electrons. The highest BCUT2D eigenvalue weighted by atomic mass is 35.5. The van der Waals surface area contributed by atoms with Gasteiger partial charge in [0.15, 0.2) is 0 Å². The standard InChI is InChI=1S/C22H17ClF3N3O3/c23-17-3-1-2-4-18(17)29-19(11-20(27)22(24,25)26)15-5-7-16(8-6-15)21(30)31-10-9-14-12-28-32-13-14/h1-8,11-13H,9-10,27H2/b20-11-,29-19?. The van der Waals surface area contributed by atoms with Crippen molar-refractivity contribution in [1.82, 2.24) is 5.16 Å². The normalized spacial score (nSPS) is 12.6. The molecular weight excluding hydrogens is 447 g/mol. The summed E-state index contributed by atoms with van der Waals surface area (Å²) in [6.45, 7) is 0.117. The molecule has 3 aromatic rings. The number of hydrogen-bond donors (Lipinski definition) is 1. The van der Waals surface area contributed by atoms with Crippen molar-refractivity contribution in [3.8, 4) is 0 Å². The summed E-state index contributed by atoms with van der Waals surface area (Å²) in [5.74, 6) is -0.581. The van der Waals surface area contributed by atoms with Crippen LogP contribution in [0.25, 0.3) is 0 Å². The van der Waals surface area contributed by atoms with Crippen LogP contribution in [-0.4, -0.2) is 29.6 Å². The number of carbonyl (C=O) groups is 1. The van der Waals surface area contributed by atoms with Gasteiger partial charge in [0, 0.05) is 17.5 Å². The lowest BCUT2D eigenvalue weighted by Crippen LogP contribution is -2.21. The SMILES string of the molecule is N/C(=C\C(=Nc1ccccc1Cl)c1ccc(C(=O)OCCc2cnoc2)cc1)C(F)(F)F. The summed E-state index contributed by atoms with van der Waals surface area (Å²) in [6.07, 6.45) is -0.611. The number of allylic oxidation sites excluding steroid dienone is 2. The Kier molecular flexibility index (Phi) is 7.32. The maximum Gasteiger partial charge on any atom is 0.430 e. The molecule has 0 saturated heterocycles. The van der Waals surface area contributed by atoms with Gasteiger partial charge in [-0.15, -0.1) is 0 Å². The first-order valence-corrected chi connectivity index (χ1v) is 9.65. The number of rotatable bonds is 7. The van der Waals surface area contributed by atoms with Gasteiger partial charge in [0.05, 0.1) is 34.8 Å². The first kappa shape index (κ1) is 23.1. The Morgan fingerprint density at radius 1 is 1.16 bits per heavy atom. The summed E-state index contributed by atoms with van der Waals surface area (Å²) in [6, 6.07) is 12.2. The van der Waals surface area contributed by atoms with Crippen molar-refractivity contribution in [2.45, 2.75) is 12.6 Å². The third kappa shape index (κ3) is 6.21. The van der Waals surface area contributed by atoms with E-state index in [-0.39, 0.29) is 28.6 Å². The van der Waals surface area contributed by atoms with Crippen molar-refractivity contribution in [3.05, 3.63) is 94.5 Å². The van der Waals surface area contributed by atoms with Gasteiger partial charge in [-0.05, 0) is 30.3 Å². The Morgan fingerprint density at radius 2 is 1.84 bits per heavy atom. The van der Waals surface area contributed by atoms with Crippen LogP contribution in [0.15, 0.2) is 82.3 Å². The van der Waals surface area contributed by atoms with E-state index in [1.54, 1.807) is 24.3 Å². The third-order valence-corrected chi connectivity index (χ3v) is 4.56.